The van der Waals surface area contributed by atoms with Gasteiger partial charge in [0.1, 0.15) is 5.03 Å². The average molecular weight is 265 g/mol. The summed E-state index contributed by atoms with van der Waals surface area (Å²) < 4.78 is 0. The molecule has 0 aliphatic carbocycles. The van der Waals surface area contributed by atoms with Crippen LogP contribution in [0.25, 0.3) is 0 Å². The van der Waals surface area contributed by atoms with Crippen LogP contribution in [0.1, 0.15) is 11.3 Å². The average Bonchev–Trinajstić information content (AvgIpc) is 2.32. The molecule has 2 rings (SSSR count). The van der Waals surface area contributed by atoms with Crippen LogP contribution in [-0.2, 0) is 6.54 Å². The van der Waals surface area contributed by atoms with Crippen LogP contribution in [0.4, 0.5) is 0 Å². The molecule has 1 aromatic heterocycles. The van der Waals surface area contributed by atoms with Crippen LogP contribution in [0.3, 0.4) is 0 Å². The minimum atomic E-state index is 0.486. The Morgan fingerprint density at radius 3 is 2.71 bits per heavy atom. The largest absolute Gasteiger partial charge is 0.326 e. The molecular weight excluding hydrogens is 252 g/mol. The fourth-order valence-electron chi connectivity index (χ4n) is 1.44. The third-order valence-corrected chi connectivity index (χ3v) is 3.91. The Morgan fingerprint density at radius 1 is 1.24 bits per heavy atom. The molecule has 1 aromatic carbocycles. The topological polar surface area (TPSA) is 38.9 Å². The molecule has 17 heavy (non-hydrogen) atoms. The van der Waals surface area contributed by atoms with E-state index in [1.807, 2.05) is 43.3 Å². The summed E-state index contributed by atoms with van der Waals surface area (Å²) in [6.07, 6.45) is 0. The van der Waals surface area contributed by atoms with Crippen LogP contribution < -0.4 is 5.73 Å². The number of nitrogens with two attached hydrogens (primary N) is 1. The van der Waals surface area contributed by atoms with Gasteiger partial charge in [0.15, 0.2) is 0 Å². The molecule has 2 aromatic rings. The Bertz CT molecular complexity index is 529. The fraction of sp³-hybridized carbons (Fsp3) is 0.154. The Morgan fingerprint density at radius 2 is 2.00 bits per heavy atom. The molecular formula is C13H13ClN2S. The zero-order chi connectivity index (χ0) is 12.3. The molecule has 0 aliphatic heterocycles. The molecule has 0 aliphatic rings. The number of hydrogen-bond acceptors (Lipinski definition) is 3. The van der Waals surface area contributed by atoms with Gasteiger partial charge in [0.25, 0.3) is 0 Å². The summed E-state index contributed by atoms with van der Waals surface area (Å²) in [5.41, 5.74) is 7.73. The Labute approximate surface area is 110 Å². The molecule has 0 fully saturated rings. The van der Waals surface area contributed by atoms with Crippen molar-refractivity contribution in [3.05, 3.63) is 52.7 Å². The van der Waals surface area contributed by atoms with Gasteiger partial charge in [0.2, 0.25) is 0 Å². The summed E-state index contributed by atoms with van der Waals surface area (Å²) in [5, 5.41) is 1.67. The Hall–Kier alpha value is -1.03. The van der Waals surface area contributed by atoms with E-state index in [0.717, 1.165) is 26.2 Å². The number of halogens is 1. The van der Waals surface area contributed by atoms with Gasteiger partial charge in [-0.3, -0.25) is 0 Å². The SMILES string of the molecule is Cc1ccc(CN)c(Sc2ccccc2Cl)n1. The summed E-state index contributed by atoms with van der Waals surface area (Å²) >= 11 is 7.69. The maximum atomic E-state index is 6.13. The second-order valence-electron chi connectivity index (χ2n) is 3.65. The highest BCUT2D eigenvalue weighted by Crippen LogP contribution is 2.33. The zero-order valence-corrected chi connectivity index (χ0v) is 11.1. The number of nitrogens with zero attached hydrogens (tertiary/aromatic N) is 1. The van der Waals surface area contributed by atoms with Gasteiger partial charge in [0.05, 0.1) is 5.02 Å². The first-order valence-corrected chi connectivity index (χ1v) is 6.49. The van der Waals surface area contributed by atoms with Crippen LogP contribution in [0, 0.1) is 6.92 Å². The number of pyridine rings is 1. The lowest BCUT2D eigenvalue weighted by Crippen LogP contribution is -2.00. The normalized spacial score (nSPS) is 10.5. The summed E-state index contributed by atoms with van der Waals surface area (Å²) in [5.74, 6) is 0. The maximum Gasteiger partial charge on any atom is 0.106 e. The Kier molecular flexibility index (Phi) is 4.05. The molecule has 88 valence electrons. The van der Waals surface area contributed by atoms with Gasteiger partial charge >= 0.3 is 0 Å². The lowest BCUT2D eigenvalue weighted by Gasteiger charge is -2.08. The molecule has 0 unspecified atom stereocenters. The van der Waals surface area contributed by atoms with Crippen molar-refractivity contribution >= 4 is 23.4 Å². The predicted molar refractivity (Wildman–Crippen MR) is 72.4 cm³/mol. The van der Waals surface area contributed by atoms with Crippen LogP contribution in [0.5, 0.6) is 0 Å². The van der Waals surface area contributed by atoms with Gasteiger partial charge < -0.3 is 5.73 Å². The standard InChI is InChI=1S/C13H13ClN2S/c1-9-6-7-10(8-15)13(16-9)17-12-5-3-2-4-11(12)14/h2-7H,8,15H2,1H3. The first kappa shape index (κ1) is 12.4. The monoisotopic (exact) mass is 264 g/mol. The number of aryl methyl sites for hydroxylation is 1. The molecule has 0 bridgehead atoms. The van der Waals surface area contributed by atoms with E-state index in [0.29, 0.717) is 6.54 Å². The van der Waals surface area contributed by atoms with E-state index in [1.165, 1.54) is 0 Å². The molecule has 1 heterocycles. The number of rotatable bonds is 3. The lowest BCUT2D eigenvalue weighted by molar-refractivity contribution is 0.941. The highest BCUT2D eigenvalue weighted by Gasteiger charge is 2.07. The van der Waals surface area contributed by atoms with Gasteiger partial charge in [0, 0.05) is 17.1 Å². The first-order chi connectivity index (χ1) is 8.20. The quantitative estimate of drug-likeness (QED) is 0.920. The van der Waals surface area contributed by atoms with Crippen LogP contribution in [0.15, 0.2) is 46.3 Å². The molecule has 2 nitrogen and oxygen atoms in total. The molecule has 0 spiro atoms. The first-order valence-electron chi connectivity index (χ1n) is 5.29. The molecule has 0 saturated heterocycles. The summed E-state index contributed by atoms with van der Waals surface area (Å²) in [6.45, 7) is 2.46. The molecule has 2 N–H and O–H groups in total. The second-order valence-corrected chi connectivity index (χ2v) is 5.09. The summed E-state index contributed by atoms with van der Waals surface area (Å²) in [7, 11) is 0. The molecule has 4 heteroatoms. The van der Waals surface area contributed by atoms with E-state index in [9.17, 15) is 0 Å². The number of benzene rings is 1. The zero-order valence-electron chi connectivity index (χ0n) is 9.48. The van der Waals surface area contributed by atoms with E-state index >= 15 is 0 Å². The number of hydrogen-bond donors (Lipinski definition) is 1. The highest BCUT2D eigenvalue weighted by atomic mass is 35.5. The maximum absolute atomic E-state index is 6.13. The molecule has 0 atom stereocenters. The van der Waals surface area contributed by atoms with E-state index in [-0.39, 0.29) is 0 Å². The van der Waals surface area contributed by atoms with Crippen LogP contribution in [0.2, 0.25) is 5.02 Å². The van der Waals surface area contributed by atoms with E-state index in [2.05, 4.69) is 4.98 Å². The lowest BCUT2D eigenvalue weighted by atomic mass is 10.2. The predicted octanol–water partition coefficient (Wildman–Crippen LogP) is 3.65. The fourth-order valence-corrected chi connectivity index (χ4v) is 2.68. The second kappa shape index (κ2) is 5.54. The minimum absolute atomic E-state index is 0.486. The van der Waals surface area contributed by atoms with Crippen molar-refractivity contribution in [2.24, 2.45) is 5.73 Å². The number of aromatic nitrogens is 1. The van der Waals surface area contributed by atoms with Crippen molar-refractivity contribution in [2.75, 3.05) is 0 Å². The van der Waals surface area contributed by atoms with Gasteiger partial charge in [-0.25, -0.2) is 4.98 Å². The molecule has 0 amide bonds. The van der Waals surface area contributed by atoms with Gasteiger partial charge in [-0.1, -0.05) is 41.6 Å². The van der Waals surface area contributed by atoms with Crippen molar-refractivity contribution in [3.8, 4) is 0 Å². The summed E-state index contributed by atoms with van der Waals surface area (Å²) in [4.78, 5) is 5.51. The van der Waals surface area contributed by atoms with Crippen molar-refractivity contribution in [2.45, 2.75) is 23.4 Å². The van der Waals surface area contributed by atoms with Crippen LogP contribution >= 0.6 is 23.4 Å². The smallest absolute Gasteiger partial charge is 0.106 e. The van der Waals surface area contributed by atoms with E-state index < -0.39 is 0 Å². The van der Waals surface area contributed by atoms with Crippen molar-refractivity contribution in [1.29, 1.82) is 0 Å². The third kappa shape index (κ3) is 3.00. The van der Waals surface area contributed by atoms with E-state index in [4.69, 9.17) is 17.3 Å². The molecule has 0 saturated carbocycles. The van der Waals surface area contributed by atoms with Crippen molar-refractivity contribution < 1.29 is 0 Å². The molecule has 0 radical (unpaired) electrons. The van der Waals surface area contributed by atoms with Gasteiger partial charge in [-0.2, -0.15) is 0 Å². The van der Waals surface area contributed by atoms with Crippen molar-refractivity contribution in [3.63, 3.8) is 0 Å². The van der Waals surface area contributed by atoms with E-state index in [1.54, 1.807) is 11.8 Å². The third-order valence-electron chi connectivity index (χ3n) is 2.34. The summed E-state index contributed by atoms with van der Waals surface area (Å²) in [6, 6.07) is 11.7. The van der Waals surface area contributed by atoms with Crippen molar-refractivity contribution in [1.82, 2.24) is 4.98 Å². The van der Waals surface area contributed by atoms with Gasteiger partial charge in [-0.15, -0.1) is 0 Å². The highest BCUT2D eigenvalue weighted by molar-refractivity contribution is 7.99. The minimum Gasteiger partial charge on any atom is -0.326 e. The Balaban J connectivity index is 2.35. The van der Waals surface area contributed by atoms with Gasteiger partial charge in [-0.05, 0) is 30.7 Å². The van der Waals surface area contributed by atoms with Crippen LogP contribution in [-0.4, -0.2) is 4.98 Å².